The molecular weight excluding hydrogens is 397 g/mol. The molecule has 152 valence electrons. The van der Waals surface area contributed by atoms with E-state index in [0.29, 0.717) is 11.3 Å². The highest BCUT2D eigenvalue weighted by Gasteiger charge is 2.19. The number of hydrogen-bond acceptors (Lipinski definition) is 6. The van der Waals surface area contributed by atoms with Crippen LogP contribution in [0, 0.1) is 5.82 Å². The number of hydrogen-bond donors (Lipinski definition) is 0. The van der Waals surface area contributed by atoms with Gasteiger partial charge in [-0.3, -0.25) is 4.79 Å². The van der Waals surface area contributed by atoms with Crippen LogP contribution in [0.5, 0.6) is 0 Å². The van der Waals surface area contributed by atoms with Crippen LogP contribution in [-0.4, -0.2) is 24.8 Å². The average Bonchev–Trinajstić information content (AvgIpc) is 3.16. The fraction of sp³-hybridized carbons (Fsp3) is 0.238. The molecule has 0 amide bonds. The number of halogens is 1. The van der Waals surface area contributed by atoms with Crippen molar-refractivity contribution < 1.29 is 26.9 Å². The smallest absolute Gasteiger partial charge is 0.310 e. The summed E-state index contributed by atoms with van der Waals surface area (Å²) in [7, 11) is -3.35. The number of carbonyl (C=O) groups excluding carboxylic acids is 1. The lowest BCUT2D eigenvalue weighted by atomic mass is 10.1. The van der Waals surface area contributed by atoms with E-state index in [4.69, 9.17) is 9.26 Å². The maximum atomic E-state index is 13.8. The first-order chi connectivity index (χ1) is 13.8. The van der Waals surface area contributed by atoms with Gasteiger partial charge in [-0.15, -0.1) is 0 Å². The fourth-order valence-electron chi connectivity index (χ4n) is 2.61. The third-order valence-electron chi connectivity index (χ3n) is 4.30. The van der Waals surface area contributed by atoms with Crippen molar-refractivity contribution >= 4 is 15.8 Å². The van der Waals surface area contributed by atoms with E-state index in [1.54, 1.807) is 44.2 Å². The first kappa shape index (κ1) is 20.7. The van der Waals surface area contributed by atoms with Crippen molar-refractivity contribution in [2.24, 2.45) is 0 Å². The van der Waals surface area contributed by atoms with E-state index >= 15 is 0 Å². The molecule has 3 rings (SSSR count). The second-order valence-electron chi connectivity index (χ2n) is 6.74. The van der Waals surface area contributed by atoms with Crippen LogP contribution >= 0.6 is 0 Å². The molecule has 0 atom stereocenters. The Labute approximate surface area is 168 Å². The molecule has 1 heterocycles. The predicted molar refractivity (Wildman–Crippen MR) is 104 cm³/mol. The first-order valence-electron chi connectivity index (χ1n) is 8.96. The van der Waals surface area contributed by atoms with Gasteiger partial charge in [0.15, 0.2) is 15.6 Å². The first-order valence-corrected chi connectivity index (χ1v) is 10.5. The normalized spacial score (nSPS) is 11.6. The van der Waals surface area contributed by atoms with Crippen LogP contribution in [0.4, 0.5) is 4.39 Å². The largest absolute Gasteiger partial charge is 0.459 e. The highest BCUT2D eigenvalue weighted by atomic mass is 32.2. The highest BCUT2D eigenvalue weighted by molar-refractivity contribution is 7.92. The molecule has 8 heteroatoms. The number of aromatic nitrogens is 1. The summed E-state index contributed by atoms with van der Waals surface area (Å²) >= 11 is 0. The summed E-state index contributed by atoms with van der Waals surface area (Å²) in [6, 6.07) is 13.8. The summed E-state index contributed by atoms with van der Waals surface area (Å²) in [5.74, 6) is -0.689. The van der Waals surface area contributed by atoms with Crippen molar-refractivity contribution in [2.75, 3.05) is 0 Å². The van der Waals surface area contributed by atoms with E-state index in [1.165, 1.54) is 24.3 Å². The number of ether oxygens (including phenoxy) is 1. The molecule has 0 saturated carbocycles. The van der Waals surface area contributed by atoms with Crippen LogP contribution in [0.1, 0.15) is 25.1 Å². The van der Waals surface area contributed by atoms with Crippen molar-refractivity contribution in [3.05, 3.63) is 71.7 Å². The lowest BCUT2D eigenvalue weighted by molar-refractivity contribution is -0.144. The van der Waals surface area contributed by atoms with Crippen molar-refractivity contribution in [3.63, 3.8) is 0 Å². The van der Waals surface area contributed by atoms with Gasteiger partial charge in [0, 0.05) is 6.07 Å². The zero-order chi connectivity index (χ0) is 21.0. The topological polar surface area (TPSA) is 86.5 Å². The summed E-state index contributed by atoms with van der Waals surface area (Å²) in [6.07, 6.45) is -0.0139. The van der Waals surface area contributed by atoms with E-state index in [1.807, 2.05) is 0 Å². The van der Waals surface area contributed by atoms with Gasteiger partial charge in [0.05, 0.1) is 22.1 Å². The monoisotopic (exact) mass is 417 g/mol. The van der Waals surface area contributed by atoms with Gasteiger partial charge in [0.1, 0.15) is 18.1 Å². The Kier molecular flexibility index (Phi) is 6.12. The van der Waals surface area contributed by atoms with Crippen LogP contribution in [0.2, 0.25) is 0 Å². The van der Waals surface area contributed by atoms with E-state index in [-0.39, 0.29) is 29.2 Å². The molecule has 0 aliphatic heterocycles. The maximum Gasteiger partial charge on any atom is 0.310 e. The Hall–Kier alpha value is -3.00. The van der Waals surface area contributed by atoms with Gasteiger partial charge in [0.25, 0.3) is 0 Å². The van der Waals surface area contributed by atoms with E-state index in [2.05, 4.69) is 5.16 Å². The number of nitrogens with zero attached hydrogens (tertiary/aromatic N) is 1. The molecule has 0 N–H and O–H groups in total. The maximum absolute atomic E-state index is 13.8. The molecule has 29 heavy (non-hydrogen) atoms. The lowest BCUT2D eigenvalue weighted by Crippen LogP contribution is -2.14. The summed E-state index contributed by atoms with van der Waals surface area (Å²) in [5, 5.41) is 3.26. The molecule has 0 aliphatic carbocycles. The fourth-order valence-corrected chi connectivity index (χ4v) is 3.67. The molecule has 2 aromatic carbocycles. The van der Waals surface area contributed by atoms with Gasteiger partial charge >= 0.3 is 5.97 Å². The van der Waals surface area contributed by atoms with E-state index < -0.39 is 26.9 Å². The summed E-state index contributed by atoms with van der Waals surface area (Å²) < 4.78 is 48.3. The Balaban J connectivity index is 1.58. The van der Waals surface area contributed by atoms with Crippen LogP contribution in [0.15, 0.2) is 64.0 Å². The third-order valence-corrected chi connectivity index (χ3v) is 6.47. The second kappa shape index (κ2) is 8.57. The van der Waals surface area contributed by atoms with Gasteiger partial charge < -0.3 is 9.26 Å². The van der Waals surface area contributed by atoms with E-state index in [0.717, 1.165) is 0 Å². The van der Waals surface area contributed by atoms with Crippen LogP contribution < -0.4 is 0 Å². The molecule has 0 fully saturated rings. The van der Waals surface area contributed by atoms with Crippen molar-refractivity contribution in [1.82, 2.24) is 5.16 Å². The molecule has 6 nitrogen and oxygen atoms in total. The molecule has 1 aromatic heterocycles. The highest BCUT2D eigenvalue weighted by Crippen LogP contribution is 2.23. The van der Waals surface area contributed by atoms with Crippen LogP contribution in [-0.2, 0) is 32.4 Å². The molecule has 0 unspecified atom stereocenters. The summed E-state index contributed by atoms with van der Waals surface area (Å²) in [5.41, 5.74) is 1.26. The van der Waals surface area contributed by atoms with Crippen LogP contribution in [0.3, 0.4) is 0 Å². The van der Waals surface area contributed by atoms with Gasteiger partial charge in [0.2, 0.25) is 0 Å². The van der Waals surface area contributed by atoms with Gasteiger partial charge in [-0.2, -0.15) is 0 Å². The number of esters is 1. The molecule has 0 saturated heterocycles. The minimum atomic E-state index is -3.35. The molecule has 0 spiro atoms. The van der Waals surface area contributed by atoms with Gasteiger partial charge in [-0.1, -0.05) is 29.4 Å². The quantitative estimate of drug-likeness (QED) is 0.541. The Morgan fingerprint density at radius 2 is 1.83 bits per heavy atom. The van der Waals surface area contributed by atoms with Crippen LogP contribution in [0.25, 0.3) is 11.3 Å². The number of carbonyl (C=O) groups is 1. The van der Waals surface area contributed by atoms with E-state index in [9.17, 15) is 17.6 Å². The lowest BCUT2D eigenvalue weighted by Gasteiger charge is -2.08. The summed E-state index contributed by atoms with van der Waals surface area (Å²) in [4.78, 5) is 12.3. The second-order valence-corrected chi connectivity index (χ2v) is 9.24. The van der Waals surface area contributed by atoms with Gasteiger partial charge in [-0.25, -0.2) is 12.8 Å². The molecule has 3 aromatic rings. The van der Waals surface area contributed by atoms with Crippen molar-refractivity contribution in [1.29, 1.82) is 0 Å². The predicted octanol–water partition coefficient (Wildman–Crippen LogP) is 3.95. The zero-order valence-corrected chi connectivity index (χ0v) is 16.8. The number of sulfone groups is 1. The number of rotatable bonds is 7. The third kappa shape index (κ3) is 4.89. The van der Waals surface area contributed by atoms with Gasteiger partial charge in [-0.05, 0) is 43.7 Å². The molecular formula is C21H20FNO5S. The summed E-state index contributed by atoms with van der Waals surface area (Å²) in [6.45, 7) is 3.11. The standard InChI is InChI=1S/C21H20FNO5S/c1-14(2)29(25,26)17-9-7-15(8-10-17)11-21(24)27-13-16-12-20(28-23-16)18-5-3-4-6-19(18)22/h3-10,12,14H,11,13H2,1-2H3. The SMILES string of the molecule is CC(C)S(=O)(=O)c1ccc(CC(=O)OCc2cc(-c3ccccc3F)on2)cc1. The minimum absolute atomic E-state index is 0.0139. The average molecular weight is 417 g/mol. The molecule has 0 bridgehead atoms. The number of benzene rings is 2. The van der Waals surface area contributed by atoms with Crippen molar-refractivity contribution in [2.45, 2.75) is 37.0 Å². The minimum Gasteiger partial charge on any atom is -0.459 e. The van der Waals surface area contributed by atoms with Crippen molar-refractivity contribution in [3.8, 4) is 11.3 Å². The molecule has 0 aliphatic rings. The Bertz CT molecular complexity index is 1100. The Morgan fingerprint density at radius 3 is 2.48 bits per heavy atom. The molecule has 0 radical (unpaired) electrons. The zero-order valence-electron chi connectivity index (χ0n) is 16.0. The Morgan fingerprint density at radius 1 is 1.14 bits per heavy atom.